The van der Waals surface area contributed by atoms with Gasteiger partial charge in [0, 0.05) is 24.7 Å². The van der Waals surface area contributed by atoms with Crippen molar-refractivity contribution in [3.05, 3.63) is 18.2 Å². The van der Waals surface area contributed by atoms with E-state index in [-0.39, 0.29) is 5.60 Å². The standard InChI is InChI=1S/C14H21NO3/c1-14(5-4-6-15-10-14)18-13-8-11(16-2)7-12(9-13)17-3/h7-9,15H,4-6,10H2,1-3H3. The van der Waals surface area contributed by atoms with Crippen LogP contribution in [0.25, 0.3) is 0 Å². The highest BCUT2D eigenvalue weighted by atomic mass is 16.5. The zero-order valence-corrected chi connectivity index (χ0v) is 11.3. The number of methoxy groups -OCH3 is 2. The molecule has 1 N–H and O–H groups in total. The minimum Gasteiger partial charge on any atom is -0.496 e. The lowest BCUT2D eigenvalue weighted by Gasteiger charge is -2.34. The van der Waals surface area contributed by atoms with E-state index in [0.29, 0.717) is 0 Å². The summed E-state index contributed by atoms with van der Waals surface area (Å²) >= 11 is 0. The third-order valence-corrected chi connectivity index (χ3v) is 3.25. The lowest BCUT2D eigenvalue weighted by atomic mass is 9.96. The van der Waals surface area contributed by atoms with Crippen LogP contribution in [-0.2, 0) is 0 Å². The van der Waals surface area contributed by atoms with Gasteiger partial charge < -0.3 is 19.5 Å². The molecule has 1 unspecified atom stereocenters. The number of nitrogens with one attached hydrogen (secondary N) is 1. The largest absolute Gasteiger partial charge is 0.496 e. The summed E-state index contributed by atoms with van der Waals surface area (Å²) in [5.74, 6) is 2.28. The van der Waals surface area contributed by atoms with Gasteiger partial charge in [-0.15, -0.1) is 0 Å². The molecule has 100 valence electrons. The van der Waals surface area contributed by atoms with Gasteiger partial charge in [-0.3, -0.25) is 0 Å². The fourth-order valence-electron chi connectivity index (χ4n) is 2.24. The van der Waals surface area contributed by atoms with Crippen LogP contribution in [-0.4, -0.2) is 32.9 Å². The van der Waals surface area contributed by atoms with Crippen LogP contribution in [0.3, 0.4) is 0 Å². The van der Waals surface area contributed by atoms with Crippen LogP contribution in [0.1, 0.15) is 19.8 Å². The molecule has 1 aliphatic rings. The minimum atomic E-state index is -0.157. The maximum absolute atomic E-state index is 6.11. The Bertz CT molecular complexity index is 378. The lowest BCUT2D eigenvalue weighted by Crippen LogP contribution is -2.47. The summed E-state index contributed by atoms with van der Waals surface area (Å²) < 4.78 is 16.6. The molecule has 0 spiro atoms. The van der Waals surface area contributed by atoms with Crippen molar-refractivity contribution >= 4 is 0 Å². The summed E-state index contributed by atoms with van der Waals surface area (Å²) in [6, 6.07) is 5.62. The predicted octanol–water partition coefficient (Wildman–Crippen LogP) is 2.22. The zero-order valence-electron chi connectivity index (χ0n) is 11.3. The number of rotatable bonds is 4. The molecule has 1 fully saturated rings. The van der Waals surface area contributed by atoms with Crippen molar-refractivity contribution in [1.29, 1.82) is 0 Å². The summed E-state index contributed by atoms with van der Waals surface area (Å²) in [6.45, 7) is 4.07. The molecule has 4 heteroatoms. The summed E-state index contributed by atoms with van der Waals surface area (Å²) in [6.07, 6.45) is 2.19. The Labute approximate surface area is 108 Å². The van der Waals surface area contributed by atoms with Gasteiger partial charge >= 0.3 is 0 Å². The van der Waals surface area contributed by atoms with Crippen molar-refractivity contribution in [2.45, 2.75) is 25.4 Å². The Hall–Kier alpha value is -1.42. The van der Waals surface area contributed by atoms with Crippen molar-refractivity contribution < 1.29 is 14.2 Å². The van der Waals surface area contributed by atoms with Crippen LogP contribution in [0.4, 0.5) is 0 Å². The van der Waals surface area contributed by atoms with Gasteiger partial charge in [-0.2, -0.15) is 0 Å². The average molecular weight is 251 g/mol. The van der Waals surface area contributed by atoms with Gasteiger partial charge in [0.1, 0.15) is 22.8 Å². The molecule has 1 aromatic rings. The second-order valence-electron chi connectivity index (χ2n) is 4.88. The average Bonchev–Trinajstić information content (AvgIpc) is 2.38. The molecule has 0 bridgehead atoms. The number of hydrogen-bond acceptors (Lipinski definition) is 4. The first-order valence-electron chi connectivity index (χ1n) is 6.28. The SMILES string of the molecule is COc1cc(OC)cc(OC2(C)CCCNC2)c1. The van der Waals surface area contributed by atoms with Crippen LogP contribution >= 0.6 is 0 Å². The van der Waals surface area contributed by atoms with Crippen molar-refractivity contribution in [3.63, 3.8) is 0 Å². The zero-order chi connectivity index (χ0) is 13.0. The van der Waals surface area contributed by atoms with E-state index in [2.05, 4.69) is 12.2 Å². The van der Waals surface area contributed by atoms with E-state index in [1.807, 2.05) is 18.2 Å². The summed E-state index contributed by atoms with van der Waals surface area (Å²) in [5, 5.41) is 3.37. The normalized spacial score (nSPS) is 23.5. The molecule has 1 heterocycles. The van der Waals surface area contributed by atoms with Crippen molar-refractivity contribution in [2.75, 3.05) is 27.3 Å². The first-order chi connectivity index (χ1) is 8.65. The Morgan fingerprint density at radius 3 is 2.17 bits per heavy atom. The van der Waals surface area contributed by atoms with Gasteiger partial charge in [0.15, 0.2) is 0 Å². The smallest absolute Gasteiger partial charge is 0.127 e. The molecule has 0 saturated carbocycles. The van der Waals surface area contributed by atoms with Gasteiger partial charge in [0.25, 0.3) is 0 Å². The van der Waals surface area contributed by atoms with E-state index < -0.39 is 0 Å². The number of piperidine rings is 1. The monoisotopic (exact) mass is 251 g/mol. The minimum absolute atomic E-state index is 0.157. The second kappa shape index (κ2) is 5.48. The molecule has 1 saturated heterocycles. The molecule has 0 aromatic heterocycles. The molecule has 0 radical (unpaired) electrons. The number of hydrogen-bond donors (Lipinski definition) is 1. The third kappa shape index (κ3) is 3.07. The highest BCUT2D eigenvalue weighted by Crippen LogP contribution is 2.31. The summed E-state index contributed by atoms with van der Waals surface area (Å²) in [7, 11) is 3.28. The van der Waals surface area contributed by atoms with Gasteiger partial charge in [0.05, 0.1) is 14.2 Å². The fourth-order valence-corrected chi connectivity index (χ4v) is 2.24. The van der Waals surface area contributed by atoms with E-state index in [0.717, 1.165) is 43.2 Å². The van der Waals surface area contributed by atoms with Gasteiger partial charge in [-0.1, -0.05) is 0 Å². The lowest BCUT2D eigenvalue weighted by molar-refractivity contribution is 0.0610. The predicted molar refractivity (Wildman–Crippen MR) is 70.7 cm³/mol. The topological polar surface area (TPSA) is 39.7 Å². The molecular weight excluding hydrogens is 230 g/mol. The summed E-state index contributed by atoms with van der Waals surface area (Å²) in [4.78, 5) is 0. The first kappa shape index (κ1) is 13.0. The van der Waals surface area contributed by atoms with Crippen molar-refractivity contribution in [1.82, 2.24) is 5.32 Å². The molecule has 1 aliphatic heterocycles. The number of ether oxygens (including phenoxy) is 3. The van der Waals surface area contributed by atoms with Crippen LogP contribution in [0.5, 0.6) is 17.2 Å². The molecule has 18 heavy (non-hydrogen) atoms. The Morgan fingerprint density at radius 2 is 1.67 bits per heavy atom. The molecule has 1 atom stereocenters. The quantitative estimate of drug-likeness (QED) is 0.890. The highest BCUT2D eigenvalue weighted by Gasteiger charge is 2.28. The third-order valence-electron chi connectivity index (χ3n) is 3.25. The molecule has 0 amide bonds. The Kier molecular flexibility index (Phi) is 3.97. The van der Waals surface area contributed by atoms with Crippen LogP contribution in [0.2, 0.25) is 0 Å². The van der Waals surface area contributed by atoms with Crippen LogP contribution in [0, 0.1) is 0 Å². The molecule has 1 aromatic carbocycles. The molecule has 2 rings (SSSR count). The van der Waals surface area contributed by atoms with E-state index in [1.54, 1.807) is 14.2 Å². The molecule has 0 aliphatic carbocycles. The second-order valence-corrected chi connectivity index (χ2v) is 4.88. The Morgan fingerprint density at radius 1 is 1.06 bits per heavy atom. The number of benzene rings is 1. The highest BCUT2D eigenvalue weighted by molar-refractivity contribution is 5.42. The summed E-state index contributed by atoms with van der Waals surface area (Å²) in [5.41, 5.74) is -0.157. The van der Waals surface area contributed by atoms with Crippen molar-refractivity contribution in [3.8, 4) is 17.2 Å². The van der Waals surface area contributed by atoms with Crippen molar-refractivity contribution in [2.24, 2.45) is 0 Å². The van der Waals surface area contributed by atoms with Crippen LogP contribution < -0.4 is 19.5 Å². The van der Waals surface area contributed by atoms with E-state index in [1.165, 1.54) is 0 Å². The molecule has 4 nitrogen and oxygen atoms in total. The van der Waals surface area contributed by atoms with Gasteiger partial charge in [0.2, 0.25) is 0 Å². The van der Waals surface area contributed by atoms with Crippen LogP contribution in [0.15, 0.2) is 18.2 Å². The van der Waals surface area contributed by atoms with E-state index in [9.17, 15) is 0 Å². The maximum atomic E-state index is 6.11. The van der Waals surface area contributed by atoms with E-state index >= 15 is 0 Å². The fraction of sp³-hybridized carbons (Fsp3) is 0.571. The van der Waals surface area contributed by atoms with Gasteiger partial charge in [-0.05, 0) is 26.3 Å². The molecular formula is C14H21NO3. The Balaban J connectivity index is 2.16. The van der Waals surface area contributed by atoms with Gasteiger partial charge in [-0.25, -0.2) is 0 Å². The maximum Gasteiger partial charge on any atom is 0.127 e. The first-order valence-corrected chi connectivity index (χ1v) is 6.28. The van der Waals surface area contributed by atoms with E-state index in [4.69, 9.17) is 14.2 Å².